The second-order valence-corrected chi connectivity index (χ2v) is 9.31. The van der Waals surface area contributed by atoms with Gasteiger partial charge >= 0.3 is 6.36 Å². The van der Waals surface area contributed by atoms with E-state index in [9.17, 15) is 18.0 Å². The average Bonchev–Trinajstić information content (AvgIpc) is 2.66. The van der Waals surface area contributed by atoms with Crippen molar-refractivity contribution >= 4 is 29.3 Å². The number of carbonyl (C=O) groups excluding carboxylic acids is 1. The summed E-state index contributed by atoms with van der Waals surface area (Å²) in [6.07, 6.45) is 0.512. The monoisotopic (exact) mass is 453 g/mol. The van der Waals surface area contributed by atoms with Crippen LogP contribution in [-0.2, 0) is 4.79 Å². The molecule has 5 nitrogen and oxygen atoms in total. The quantitative estimate of drug-likeness (QED) is 0.535. The standard InChI is InChI=1S/C22H26F3N3O2S/c1-6-26-19-13-15(20(29)28-31-21(3,4)5)7-12-18(19)14(2)27-16-8-10-17(11-9-16)30-22(23,24)25/h7-13,27H,6H2,1-5H3,(H,28,29)/b18-14+,26-19-. The number of hydrogen-bond acceptors (Lipinski definition) is 5. The minimum atomic E-state index is -4.73. The van der Waals surface area contributed by atoms with Crippen molar-refractivity contribution < 1.29 is 22.7 Å². The first-order valence-electron chi connectivity index (χ1n) is 9.64. The van der Waals surface area contributed by atoms with E-state index in [2.05, 4.69) is 19.8 Å². The van der Waals surface area contributed by atoms with Crippen LogP contribution in [0.1, 0.15) is 34.6 Å². The summed E-state index contributed by atoms with van der Waals surface area (Å²) in [6.45, 7) is 10.3. The van der Waals surface area contributed by atoms with Crippen LogP contribution in [0.25, 0.3) is 0 Å². The molecule has 31 heavy (non-hydrogen) atoms. The second kappa shape index (κ2) is 10.1. The predicted molar refractivity (Wildman–Crippen MR) is 120 cm³/mol. The van der Waals surface area contributed by atoms with Gasteiger partial charge in [0, 0.05) is 33.8 Å². The first-order chi connectivity index (χ1) is 14.4. The van der Waals surface area contributed by atoms with Crippen LogP contribution in [-0.4, -0.2) is 29.3 Å². The normalized spacial score (nSPS) is 17.3. The average molecular weight is 454 g/mol. The van der Waals surface area contributed by atoms with E-state index < -0.39 is 6.36 Å². The highest BCUT2D eigenvalue weighted by atomic mass is 32.2. The number of alkyl halides is 3. The summed E-state index contributed by atoms with van der Waals surface area (Å²) in [5.41, 5.74) is 3.27. The lowest BCUT2D eigenvalue weighted by Gasteiger charge is -2.19. The van der Waals surface area contributed by atoms with E-state index in [4.69, 9.17) is 0 Å². The Balaban J connectivity index is 2.17. The van der Waals surface area contributed by atoms with Crippen LogP contribution in [0, 0.1) is 0 Å². The number of allylic oxidation sites excluding steroid dienone is 4. The lowest BCUT2D eigenvalue weighted by atomic mass is 9.98. The molecule has 1 aromatic rings. The van der Waals surface area contributed by atoms with Gasteiger partial charge in [-0.05, 0) is 83.0 Å². The summed E-state index contributed by atoms with van der Waals surface area (Å²) in [7, 11) is 0. The molecule has 0 unspecified atom stereocenters. The SMILES string of the molecule is CC/N=C1/C=C(C(=O)NSC(C)(C)C)C=C/C1=C(/C)Nc1ccc(OC(F)(F)F)cc1. The maximum Gasteiger partial charge on any atom is 0.573 e. The molecule has 1 amide bonds. The number of carbonyl (C=O) groups is 1. The molecule has 2 rings (SSSR count). The summed E-state index contributed by atoms with van der Waals surface area (Å²) in [5, 5.41) is 3.16. The molecule has 0 aliphatic heterocycles. The van der Waals surface area contributed by atoms with Crippen molar-refractivity contribution in [2.24, 2.45) is 4.99 Å². The molecule has 0 spiro atoms. The zero-order valence-corrected chi connectivity index (χ0v) is 18.9. The lowest BCUT2D eigenvalue weighted by molar-refractivity contribution is -0.274. The summed E-state index contributed by atoms with van der Waals surface area (Å²) in [6, 6.07) is 5.46. The number of benzene rings is 1. The summed E-state index contributed by atoms with van der Waals surface area (Å²) in [5.74, 6) is -0.495. The molecule has 1 aromatic carbocycles. The number of hydrogen-bond donors (Lipinski definition) is 2. The van der Waals surface area contributed by atoms with E-state index in [-0.39, 0.29) is 16.4 Å². The van der Waals surface area contributed by atoms with Crippen LogP contribution in [0.2, 0.25) is 0 Å². The Hall–Kier alpha value is -2.68. The van der Waals surface area contributed by atoms with Crippen molar-refractivity contribution in [2.75, 3.05) is 11.9 Å². The number of aliphatic imine (C=N–C) groups is 1. The van der Waals surface area contributed by atoms with Gasteiger partial charge in [0.25, 0.3) is 5.91 Å². The molecule has 0 atom stereocenters. The molecule has 0 saturated heterocycles. The Labute approximate surface area is 184 Å². The summed E-state index contributed by atoms with van der Waals surface area (Å²) >= 11 is 1.34. The Morgan fingerprint density at radius 3 is 2.32 bits per heavy atom. The molecule has 0 bridgehead atoms. The highest BCUT2D eigenvalue weighted by molar-refractivity contribution is 7.99. The number of halogens is 3. The number of nitrogens with zero attached hydrogens (tertiary/aromatic N) is 1. The minimum absolute atomic E-state index is 0.110. The molecule has 168 valence electrons. The van der Waals surface area contributed by atoms with Crippen molar-refractivity contribution in [3.05, 3.63) is 59.3 Å². The number of amides is 1. The molecule has 1 aliphatic rings. The predicted octanol–water partition coefficient (Wildman–Crippen LogP) is 5.79. The first kappa shape index (κ1) is 24.6. The molecule has 2 N–H and O–H groups in total. The summed E-state index contributed by atoms with van der Waals surface area (Å²) < 4.78 is 43.5. The molecule has 0 heterocycles. The Morgan fingerprint density at radius 2 is 1.77 bits per heavy atom. The maximum atomic E-state index is 12.5. The fourth-order valence-corrected chi connectivity index (χ4v) is 3.09. The Bertz CT molecular complexity index is 925. The van der Waals surface area contributed by atoms with E-state index in [1.165, 1.54) is 36.2 Å². The molecule has 9 heteroatoms. The van der Waals surface area contributed by atoms with Gasteiger partial charge in [-0.25, -0.2) is 0 Å². The highest BCUT2D eigenvalue weighted by Gasteiger charge is 2.31. The van der Waals surface area contributed by atoms with Crippen LogP contribution in [0.15, 0.2) is 64.3 Å². The molecule has 1 aliphatic carbocycles. The van der Waals surface area contributed by atoms with Crippen molar-refractivity contribution in [1.82, 2.24) is 4.72 Å². The zero-order chi connectivity index (χ0) is 23.2. The molecular formula is C22H26F3N3O2S. The van der Waals surface area contributed by atoms with Gasteiger partial charge in [0.1, 0.15) is 5.75 Å². The Kier molecular flexibility index (Phi) is 8.00. The van der Waals surface area contributed by atoms with Crippen molar-refractivity contribution in [3.8, 4) is 5.75 Å². The van der Waals surface area contributed by atoms with Crippen LogP contribution in [0.3, 0.4) is 0 Å². The van der Waals surface area contributed by atoms with E-state index in [1.54, 1.807) is 18.2 Å². The smallest absolute Gasteiger partial charge is 0.406 e. The second-order valence-electron chi connectivity index (χ2n) is 7.67. The van der Waals surface area contributed by atoms with E-state index in [1.807, 2.05) is 34.6 Å². The zero-order valence-electron chi connectivity index (χ0n) is 18.1. The Morgan fingerprint density at radius 1 is 1.13 bits per heavy atom. The summed E-state index contributed by atoms with van der Waals surface area (Å²) in [4.78, 5) is 16.9. The van der Waals surface area contributed by atoms with Gasteiger partial charge in [0.05, 0.1) is 5.71 Å². The van der Waals surface area contributed by atoms with E-state index >= 15 is 0 Å². The molecule has 0 aromatic heterocycles. The van der Waals surface area contributed by atoms with Crippen LogP contribution < -0.4 is 14.8 Å². The fourth-order valence-electron chi connectivity index (χ4n) is 2.57. The van der Waals surface area contributed by atoms with Gasteiger partial charge in [0.15, 0.2) is 0 Å². The van der Waals surface area contributed by atoms with Crippen molar-refractivity contribution in [2.45, 2.75) is 45.7 Å². The van der Waals surface area contributed by atoms with Gasteiger partial charge in [-0.3, -0.25) is 14.5 Å². The third-order valence-electron chi connectivity index (χ3n) is 3.86. The van der Waals surface area contributed by atoms with E-state index in [0.29, 0.717) is 23.5 Å². The van der Waals surface area contributed by atoms with E-state index in [0.717, 1.165) is 11.3 Å². The molecule has 0 fully saturated rings. The van der Waals surface area contributed by atoms with Crippen molar-refractivity contribution in [3.63, 3.8) is 0 Å². The third kappa shape index (κ3) is 8.16. The van der Waals surface area contributed by atoms with Crippen LogP contribution >= 0.6 is 11.9 Å². The molecular weight excluding hydrogens is 427 g/mol. The first-order valence-corrected chi connectivity index (χ1v) is 10.5. The number of nitrogens with one attached hydrogen (secondary N) is 2. The minimum Gasteiger partial charge on any atom is -0.406 e. The number of rotatable bonds is 6. The largest absolute Gasteiger partial charge is 0.573 e. The van der Waals surface area contributed by atoms with Gasteiger partial charge < -0.3 is 10.1 Å². The lowest BCUT2D eigenvalue weighted by Crippen LogP contribution is -2.25. The third-order valence-corrected chi connectivity index (χ3v) is 4.76. The fraction of sp³-hybridized carbons (Fsp3) is 0.364. The number of anilines is 1. The number of ether oxygens (including phenoxy) is 1. The molecule has 0 saturated carbocycles. The van der Waals surface area contributed by atoms with Gasteiger partial charge in [0.2, 0.25) is 0 Å². The van der Waals surface area contributed by atoms with Gasteiger partial charge in [-0.1, -0.05) is 6.08 Å². The van der Waals surface area contributed by atoms with Crippen LogP contribution in [0.5, 0.6) is 5.75 Å². The molecule has 0 radical (unpaired) electrons. The maximum absolute atomic E-state index is 12.5. The van der Waals surface area contributed by atoms with Crippen molar-refractivity contribution in [1.29, 1.82) is 0 Å². The van der Waals surface area contributed by atoms with Gasteiger partial charge in [-0.2, -0.15) is 0 Å². The van der Waals surface area contributed by atoms with Gasteiger partial charge in [-0.15, -0.1) is 13.2 Å². The van der Waals surface area contributed by atoms with Crippen LogP contribution in [0.4, 0.5) is 18.9 Å². The topological polar surface area (TPSA) is 62.7 Å². The highest BCUT2D eigenvalue weighted by Crippen LogP contribution is 2.26.